The fourth-order valence-electron chi connectivity index (χ4n) is 2.84. The molecule has 1 aromatic rings. The summed E-state index contributed by atoms with van der Waals surface area (Å²) in [5.74, 6) is 0. The second-order valence-electron chi connectivity index (χ2n) is 6.21. The van der Waals surface area contributed by atoms with Gasteiger partial charge in [0.05, 0.1) is 31.9 Å². The van der Waals surface area contributed by atoms with Gasteiger partial charge in [0.1, 0.15) is 0 Å². The van der Waals surface area contributed by atoms with Crippen LogP contribution in [-0.2, 0) is 17.1 Å². The van der Waals surface area contributed by atoms with Crippen molar-refractivity contribution in [2.75, 3.05) is 12.3 Å². The van der Waals surface area contributed by atoms with Crippen LogP contribution in [-0.4, -0.2) is 32.8 Å². The van der Waals surface area contributed by atoms with Gasteiger partial charge in [-0.25, -0.2) is 0 Å². The highest BCUT2D eigenvalue weighted by Crippen LogP contribution is 2.39. The van der Waals surface area contributed by atoms with Gasteiger partial charge in [-0.1, -0.05) is 38.8 Å². The van der Waals surface area contributed by atoms with Gasteiger partial charge in [0.25, 0.3) is 0 Å². The first-order chi connectivity index (χ1) is 11.2. The Morgan fingerprint density at radius 2 is 1.30 bits per heavy atom. The van der Waals surface area contributed by atoms with Crippen LogP contribution >= 0.6 is 17.2 Å². The molecule has 0 bridgehead atoms. The molecule has 0 aromatic heterocycles. The predicted octanol–water partition coefficient (Wildman–Crippen LogP) is 5.01. The average molecular weight is 379 g/mol. The van der Waals surface area contributed by atoms with Crippen LogP contribution in [0.4, 0.5) is 0 Å². The fourth-order valence-corrected chi connectivity index (χ4v) is 6.51. The standard InChI is InChI=1S/C18H28OP2Si2/c1-3-5-7-20-11-13-9-15-16(18(23)19-17(15)22)10-14(13)12-21-8-6-4-2/h9-10,17-18,20-21H,3-8,11-12H2,1-2H3. The van der Waals surface area contributed by atoms with Crippen molar-refractivity contribution in [2.24, 2.45) is 0 Å². The lowest BCUT2D eigenvalue weighted by Gasteiger charge is -2.14. The summed E-state index contributed by atoms with van der Waals surface area (Å²) in [6.45, 7) is 4.56. The smallest absolute Gasteiger partial charge is 0.0725 e. The second kappa shape index (κ2) is 10.5. The van der Waals surface area contributed by atoms with Crippen molar-refractivity contribution in [1.82, 2.24) is 0 Å². The van der Waals surface area contributed by atoms with Crippen LogP contribution in [0.15, 0.2) is 12.1 Å². The lowest BCUT2D eigenvalue weighted by Crippen LogP contribution is -1.99. The topological polar surface area (TPSA) is 9.23 Å². The molecule has 1 aromatic carbocycles. The summed E-state index contributed by atoms with van der Waals surface area (Å²) in [4.78, 5) is 0. The third-order valence-corrected chi connectivity index (χ3v) is 7.86. The van der Waals surface area contributed by atoms with E-state index in [1.807, 2.05) is 0 Å². The second-order valence-corrected chi connectivity index (χ2v) is 9.96. The van der Waals surface area contributed by atoms with Gasteiger partial charge in [0.2, 0.25) is 0 Å². The van der Waals surface area contributed by atoms with Crippen molar-refractivity contribution in [1.29, 1.82) is 0 Å². The molecule has 23 heavy (non-hydrogen) atoms. The van der Waals surface area contributed by atoms with Crippen molar-refractivity contribution in [3.05, 3.63) is 34.4 Å². The molecule has 0 spiro atoms. The van der Waals surface area contributed by atoms with Crippen LogP contribution < -0.4 is 0 Å². The van der Waals surface area contributed by atoms with Crippen molar-refractivity contribution < 1.29 is 4.74 Å². The zero-order valence-electron chi connectivity index (χ0n) is 14.4. The summed E-state index contributed by atoms with van der Waals surface area (Å²) < 4.78 is 5.86. The highest BCUT2D eigenvalue weighted by atomic mass is 31.1. The van der Waals surface area contributed by atoms with Crippen LogP contribution in [0.5, 0.6) is 0 Å². The van der Waals surface area contributed by atoms with Crippen LogP contribution in [0.2, 0.25) is 0 Å². The van der Waals surface area contributed by atoms with Gasteiger partial charge >= 0.3 is 0 Å². The lowest BCUT2D eigenvalue weighted by atomic mass is 10.0. The predicted molar refractivity (Wildman–Crippen MR) is 108 cm³/mol. The zero-order chi connectivity index (χ0) is 16.7. The molecule has 2 rings (SSSR count). The van der Waals surface area contributed by atoms with Gasteiger partial charge in [-0.3, -0.25) is 0 Å². The summed E-state index contributed by atoms with van der Waals surface area (Å²) in [7, 11) is 9.52. The van der Waals surface area contributed by atoms with Gasteiger partial charge in [-0.2, -0.15) is 0 Å². The Morgan fingerprint density at radius 1 is 0.870 bits per heavy atom. The van der Waals surface area contributed by atoms with Crippen LogP contribution in [0.3, 0.4) is 0 Å². The number of benzene rings is 1. The Kier molecular flexibility index (Phi) is 9.00. The van der Waals surface area contributed by atoms with Gasteiger partial charge in [0, 0.05) is 0 Å². The van der Waals surface area contributed by atoms with Crippen molar-refractivity contribution in [3.63, 3.8) is 0 Å². The number of rotatable bonds is 10. The first kappa shape index (κ1) is 19.8. The molecule has 0 N–H and O–H groups in total. The molecule has 0 aliphatic carbocycles. The molecule has 6 radical (unpaired) electrons. The third-order valence-electron chi connectivity index (χ3n) is 4.29. The van der Waals surface area contributed by atoms with Gasteiger partial charge in [0.15, 0.2) is 0 Å². The minimum Gasteiger partial charge on any atom is -0.374 e. The Labute approximate surface area is 152 Å². The molecule has 4 unspecified atom stereocenters. The summed E-state index contributed by atoms with van der Waals surface area (Å²) in [5, 5.41) is 0. The first-order valence-corrected chi connectivity index (χ1v) is 12.8. The number of fused-ring (bicyclic) bond motifs is 1. The molecule has 1 aliphatic heterocycles. The first-order valence-electron chi connectivity index (χ1n) is 8.82. The molecule has 0 saturated heterocycles. The van der Waals surface area contributed by atoms with Crippen molar-refractivity contribution in [3.8, 4) is 0 Å². The maximum atomic E-state index is 5.86. The van der Waals surface area contributed by atoms with E-state index in [2.05, 4.69) is 46.5 Å². The highest BCUT2D eigenvalue weighted by molar-refractivity contribution is 7.37. The van der Waals surface area contributed by atoms with E-state index in [9.17, 15) is 0 Å². The Balaban J connectivity index is 2.10. The fraction of sp³-hybridized carbons (Fsp3) is 0.667. The summed E-state index contributed by atoms with van der Waals surface area (Å²) in [5.41, 5.74) is 5.82. The molecule has 0 saturated carbocycles. The van der Waals surface area contributed by atoms with E-state index in [0.29, 0.717) is 0 Å². The zero-order valence-corrected chi connectivity index (χ0v) is 18.4. The normalized spacial score (nSPS) is 21.0. The number of unbranched alkanes of at least 4 members (excludes halogenated alkanes) is 2. The molecule has 1 heterocycles. The molecule has 124 valence electrons. The van der Waals surface area contributed by atoms with Crippen molar-refractivity contribution >= 4 is 37.6 Å². The maximum absolute atomic E-state index is 5.86. The number of hydrogen-bond acceptors (Lipinski definition) is 1. The average Bonchev–Trinajstić information content (AvgIpc) is 2.82. The molecule has 5 heteroatoms. The molecule has 1 aliphatic rings. The van der Waals surface area contributed by atoms with Gasteiger partial charge in [-0.05, 0) is 59.7 Å². The SMILES string of the molecule is CCCCPCc1cc2c(cc1CPCCCC)C([Si])OC2[Si]. The van der Waals surface area contributed by atoms with Crippen LogP contribution in [0.25, 0.3) is 0 Å². The minimum absolute atomic E-state index is 0.0295. The number of ether oxygens (including phenoxy) is 1. The van der Waals surface area contributed by atoms with E-state index in [0.717, 1.165) is 17.2 Å². The quantitative estimate of drug-likeness (QED) is 0.316. The third kappa shape index (κ3) is 5.75. The molecular weight excluding hydrogens is 350 g/mol. The Bertz CT molecular complexity index is 453. The van der Waals surface area contributed by atoms with E-state index < -0.39 is 0 Å². The largest absolute Gasteiger partial charge is 0.374 e. The molecule has 0 fully saturated rings. The Hall–Kier alpha value is 0.474. The van der Waals surface area contributed by atoms with Crippen molar-refractivity contribution in [2.45, 2.75) is 63.3 Å². The monoisotopic (exact) mass is 378 g/mol. The number of hydrogen-bond donors (Lipinski definition) is 0. The van der Waals surface area contributed by atoms with E-state index in [-0.39, 0.29) is 11.5 Å². The minimum atomic E-state index is 0.0295. The van der Waals surface area contributed by atoms with Crippen LogP contribution in [0, 0.1) is 0 Å². The van der Waals surface area contributed by atoms with E-state index in [4.69, 9.17) is 4.74 Å². The molecule has 1 nitrogen and oxygen atoms in total. The molecule has 0 amide bonds. The van der Waals surface area contributed by atoms with Gasteiger partial charge in [-0.15, -0.1) is 17.2 Å². The van der Waals surface area contributed by atoms with E-state index in [1.165, 1.54) is 61.5 Å². The highest BCUT2D eigenvalue weighted by Gasteiger charge is 2.26. The summed E-state index contributed by atoms with van der Waals surface area (Å²) in [6, 6.07) is 4.82. The Morgan fingerprint density at radius 3 is 1.70 bits per heavy atom. The van der Waals surface area contributed by atoms with E-state index >= 15 is 0 Å². The van der Waals surface area contributed by atoms with E-state index in [1.54, 1.807) is 11.1 Å². The summed E-state index contributed by atoms with van der Waals surface area (Å²) in [6.07, 6.45) is 10.6. The maximum Gasteiger partial charge on any atom is 0.0725 e. The van der Waals surface area contributed by atoms with Crippen LogP contribution in [0.1, 0.15) is 73.2 Å². The van der Waals surface area contributed by atoms with Gasteiger partial charge < -0.3 is 4.74 Å². The molecular formula is C18H28OP2Si2. The summed E-state index contributed by atoms with van der Waals surface area (Å²) >= 11 is 0. The molecule has 4 atom stereocenters. The lowest BCUT2D eigenvalue weighted by molar-refractivity contribution is 0.109.